The van der Waals surface area contributed by atoms with Crippen LogP contribution >= 0.6 is 22.6 Å². The Kier molecular flexibility index (Phi) is 6.60. The van der Waals surface area contributed by atoms with Gasteiger partial charge in [0.05, 0.1) is 10.2 Å². The third-order valence-corrected chi connectivity index (χ3v) is 1.96. The van der Waals surface area contributed by atoms with Crippen molar-refractivity contribution in [1.82, 2.24) is 0 Å². The lowest BCUT2D eigenvalue weighted by Crippen LogP contribution is -2.02. The minimum atomic E-state index is -0.207. The van der Waals surface area contributed by atoms with E-state index in [4.69, 9.17) is 4.74 Å². The van der Waals surface area contributed by atoms with E-state index in [2.05, 4.69) is 6.92 Å². The summed E-state index contributed by atoms with van der Waals surface area (Å²) in [7, 11) is 0. The fourth-order valence-electron chi connectivity index (χ4n) is 0.554. The van der Waals surface area contributed by atoms with Gasteiger partial charge in [-0.05, 0) is 35.9 Å². The van der Waals surface area contributed by atoms with Gasteiger partial charge in [0.1, 0.15) is 0 Å². The summed E-state index contributed by atoms with van der Waals surface area (Å²) >= 11 is 2.00. The van der Waals surface area contributed by atoms with Crippen LogP contribution in [0.4, 0.5) is 0 Å². The largest absolute Gasteiger partial charge is 0.462 e. The molecular formula is C8H13IO2. The molecule has 3 heteroatoms. The number of esters is 1. The summed E-state index contributed by atoms with van der Waals surface area (Å²) in [6.07, 6.45) is 3.90. The monoisotopic (exact) mass is 268 g/mol. The molecule has 0 aromatic heterocycles. The van der Waals surface area contributed by atoms with Gasteiger partial charge in [-0.15, -0.1) is 0 Å². The molecule has 0 radical (unpaired) electrons. The summed E-state index contributed by atoms with van der Waals surface area (Å²) in [6, 6.07) is 0. The average molecular weight is 268 g/mol. The molecule has 0 spiro atoms. The van der Waals surface area contributed by atoms with Gasteiger partial charge in [-0.1, -0.05) is 19.4 Å². The highest BCUT2D eigenvalue weighted by molar-refractivity contribution is 14.1. The second kappa shape index (κ2) is 6.64. The van der Waals surface area contributed by atoms with Crippen LogP contribution in [0.1, 0.15) is 26.7 Å². The Labute approximate surface area is 81.1 Å². The maximum absolute atomic E-state index is 11.0. The number of carbonyl (C=O) groups excluding carboxylic acids is 1. The molecule has 0 amide bonds. The van der Waals surface area contributed by atoms with Crippen molar-refractivity contribution in [3.63, 3.8) is 0 Å². The molecule has 0 N–H and O–H groups in total. The predicted molar refractivity (Wildman–Crippen MR) is 53.6 cm³/mol. The number of unbranched alkanes of at least 4 members (excludes halogenated alkanes) is 1. The molecule has 64 valence electrons. The van der Waals surface area contributed by atoms with Gasteiger partial charge in [-0.3, -0.25) is 0 Å². The number of ether oxygens (including phenoxy) is 1. The maximum Gasteiger partial charge on any atom is 0.344 e. The lowest BCUT2D eigenvalue weighted by atomic mass is 10.3. The fourth-order valence-corrected chi connectivity index (χ4v) is 1.02. The quantitative estimate of drug-likeness (QED) is 0.445. The molecule has 0 fully saturated rings. The van der Waals surface area contributed by atoms with Crippen LogP contribution < -0.4 is 0 Å². The van der Waals surface area contributed by atoms with Crippen molar-refractivity contribution >= 4 is 28.6 Å². The van der Waals surface area contributed by atoms with Crippen LogP contribution in [-0.2, 0) is 9.53 Å². The molecule has 0 aliphatic rings. The van der Waals surface area contributed by atoms with Crippen LogP contribution in [-0.4, -0.2) is 12.6 Å². The number of carbonyl (C=O) groups is 1. The van der Waals surface area contributed by atoms with Crippen molar-refractivity contribution in [3.05, 3.63) is 9.66 Å². The van der Waals surface area contributed by atoms with Crippen molar-refractivity contribution in [2.24, 2.45) is 0 Å². The standard InChI is InChI=1S/C8H13IO2/c1-3-5-6-7(9)8(10)11-4-2/h6H,3-5H2,1-2H3/b7-6+. The summed E-state index contributed by atoms with van der Waals surface area (Å²) in [5.41, 5.74) is 0. The molecule has 0 aliphatic heterocycles. The minimum absolute atomic E-state index is 0.207. The number of allylic oxidation sites excluding steroid dienone is 1. The average Bonchev–Trinajstić information content (AvgIpc) is 2.00. The zero-order valence-electron chi connectivity index (χ0n) is 6.89. The third-order valence-electron chi connectivity index (χ3n) is 1.08. The highest BCUT2D eigenvalue weighted by Crippen LogP contribution is 2.09. The molecule has 0 aromatic carbocycles. The van der Waals surface area contributed by atoms with E-state index in [-0.39, 0.29) is 5.97 Å². The second-order valence-corrected chi connectivity index (χ2v) is 3.22. The van der Waals surface area contributed by atoms with Crippen LogP contribution in [0.2, 0.25) is 0 Å². The summed E-state index contributed by atoms with van der Waals surface area (Å²) < 4.78 is 5.47. The van der Waals surface area contributed by atoms with E-state index in [1.54, 1.807) is 0 Å². The maximum atomic E-state index is 11.0. The van der Waals surface area contributed by atoms with Gasteiger partial charge in [0.2, 0.25) is 0 Å². The third kappa shape index (κ3) is 5.24. The van der Waals surface area contributed by atoms with Gasteiger partial charge in [0, 0.05) is 0 Å². The molecule has 0 saturated heterocycles. The molecule has 0 heterocycles. The van der Waals surface area contributed by atoms with Crippen LogP contribution in [0.5, 0.6) is 0 Å². The first-order chi connectivity index (χ1) is 5.22. The zero-order chi connectivity index (χ0) is 8.69. The topological polar surface area (TPSA) is 26.3 Å². The van der Waals surface area contributed by atoms with E-state index in [0.29, 0.717) is 10.2 Å². The summed E-state index contributed by atoms with van der Waals surface area (Å²) in [6.45, 7) is 4.33. The van der Waals surface area contributed by atoms with E-state index < -0.39 is 0 Å². The van der Waals surface area contributed by atoms with Crippen molar-refractivity contribution in [2.75, 3.05) is 6.61 Å². The Morgan fingerprint density at radius 1 is 1.55 bits per heavy atom. The summed E-state index contributed by atoms with van der Waals surface area (Å²) in [5, 5.41) is 0. The SMILES string of the molecule is CCC/C=C(/I)C(=O)OCC. The van der Waals surface area contributed by atoms with Crippen LogP contribution in [0, 0.1) is 0 Å². The van der Waals surface area contributed by atoms with Crippen LogP contribution in [0.25, 0.3) is 0 Å². The molecule has 0 aromatic rings. The van der Waals surface area contributed by atoms with Crippen molar-refractivity contribution < 1.29 is 9.53 Å². The van der Waals surface area contributed by atoms with E-state index in [1.807, 2.05) is 35.6 Å². The highest BCUT2D eigenvalue weighted by atomic mass is 127. The molecule has 0 saturated carbocycles. The van der Waals surface area contributed by atoms with E-state index >= 15 is 0 Å². The first-order valence-corrected chi connectivity index (χ1v) is 4.83. The number of halogens is 1. The Hall–Kier alpha value is -0.0600. The van der Waals surface area contributed by atoms with Gasteiger partial charge in [-0.2, -0.15) is 0 Å². The molecule has 2 nitrogen and oxygen atoms in total. The first kappa shape index (κ1) is 10.9. The number of hydrogen-bond acceptors (Lipinski definition) is 2. The van der Waals surface area contributed by atoms with Crippen LogP contribution in [0.3, 0.4) is 0 Å². The zero-order valence-corrected chi connectivity index (χ0v) is 9.05. The molecule has 0 bridgehead atoms. The Morgan fingerprint density at radius 2 is 2.18 bits per heavy atom. The van der Waals surface area contributed by atoms with E-state index in [0.717, 1.165) is 12.8 Å². The number of hydrogen-bond donors (Lipinski definition) is 0. The Bertz CT molecular complexity index is 152. The van der Waals surface area contributed by atoms with Crippen molar-refractivity contribution in [1.29, 1.82) is 0 Å². The van der Waals surface area contributed by atoms with Crippen molar-refractivity contribution in [3.8, 4) is 0 Å². The molecule has 0 rings (SSSR count). The second-order valence-electron chi connectivity index (χ2n) is 2.06. The Morgan fingerprint density at radius 3 is 2.64 bits per heavy atom. The molecule has 0 atom stereocenters. The number of rotatable bonds is 4. The Balaban J connectivity index is 3.80. The molecule has 11 heavy (non-hydrogen) atoms. The summed E-state index contributed by atoms with van der Waals surface area (Å²) in [4.78, 5) is 11.0. The van der Waals surface area contributed by atoms with E-state index in [9.17, 15) is 4.79 Å². The first-order valence-electron chi connectivity index (χ1n) is 3.75. The fraction of sp³-hybridized carbons (Fsp3) is 0.625. The van der Waals surface area contributed by atoms with Gasteiger partial charge >= 0.3 is 5.97 Å². The van der Waals surface area contributed by atoms with Gasteiger partial charge in [0.15, 0.2) is 0 Å². The molecular weight excluding hydrogens is 255 g/mol. The predicted octanol–water partition coefficient (Wildman–Crippen LogP) is 2.67. The minimum Gasteiger partial charge on any atom is -0.462 e. The van der Waals surface area contributed by atoms with Gasteiger partial charge in [0.25, 0.3) is 0 Å². The summed E-state index contributed by atoms with van der Waals surface area (Å²) in [5.74, 6) is -0.207. The van der Waals surface area contributed by atoms with Crippen molar-refractivity contribution in [2.45, 2.75) is 26.7 Å². The lowest BCUT2D eigenvalue weighted by Gasteiger charge is -1.98. The van der Waals surface area contributed by atoms with E-state index in [1.165, 1.54) is 0 Å². The highest BCUT2D eigenvalue weighted by Gasteiger charge is 2.04. The smallest absolute Gasteiger partial charge is 0.344 e. The van der Waals surface area contributed by atoms with Gasteiger partial charge in [-0.25, -0.2) is 4.79 Å². The lowest BCUT2D eigenvalue weighted by molar-refractivity contribution is -0.137. The molecule has 0 unspecified atom stereocenters. The normalized spacial score (nSPS) is 11.4. The van der Waals surface area contributed by atoms with Crippen LogP contribution in [0.15, 0.2) is 9.66 Å². The molecule has 0 aliphatic carbocycles. The van der Waals surface area contributed by atoms with Gasteiger partial charge < -0.3 is 4.74 Å².